The van der Waals surface area contributed by atoms with Crippen molar-refractivity contribution in [2.24, 2.45) is 0 Å². The van der Waals surface area contributed by atoms with Gasteiger partial charge >= 0.3 is 0 Å². The third kappa shape index (κ3) is 5.78. The number of carbonyl (C=O) groups excluding carboxylic acids is 1. The van der Waals surface area contributed by atoms with Crippen LogP contribution in [0.15, 0.2) is 82.6 Å². The highest BCUT2D eigenvalue weighted by Crippen LogP contribution is 2.33. The van der Waals surface area contributed by atoms with Gasteiger partial charge in [-0.3, -0.25) is 4.79 Å². The van der Waals surface area contributed by atoms with Crippen LogP contribution in [0.1, 0.15) is 12.5 Å². The molecule has 3 aromatic rings. The largest absolute Gasteiger partial charge is 0.484 e. The van der Waals surface area contributed by atoms with Crippen molar-refractivity contribution in [2.75, 3.05) is 11.9 Å². The molecule has 3 aromatic carbocycles. The molecule has 138 valence electrons. The number of carbonyl (C=O) groups is 1. The third-order valence-corrected chi connectivity index (χ3v) is 5.21. The number of hydrogen-bond donors (Lipinski definition) is 1. The highest BCUT2D eigenvalue weighted by Gasteiger charge is 2.09. The quantitative estimate of drug-likeness (QED) is 0.525. The van der Waals surface area contributed by atoms with Crippen molar-refractivity contribution in [2.45, 2.75) is 23.1 Å². The van der Waals surface area contributed by atoms with Crippen LogP contribution >= 0.6 is 23.4 Å². The minimum Gasteiger partial charge on any atom is -0.484 e. The summed E-state index contributed by atoms with van der Waals surface area (Å²) >= 11 is 7.51. The van der Waals surface area contributed by atoms with Crippen LogP contribution in [0.3, 0.4) is 0 Å². The maximum Gasteiger partial charge on any atom is 0.262 e. The molecule has 0 aliphatic carbocycles. The van der Waals surface area contributed by atoms with Gasteiger partial charge in [0.15, 0.2) is 6.61 Å². The minimum absolute atomic E-state index is 0.0346. The van der Waals surface area contributed by atoms with E-state index < -0.39 is 0 Å². The predicted octanol–water partition coefficient (Wildman–Crippen LogP) is 6.07. The molecule has 1 N–H and O–H groups in total. The normalized spacial score (nSPS) is 10.4. The van der Waals surface area contributed by atoms with Crippen molar-refractivity contribution in [3.8, 4) is 5.75 Å². The monoisotopic (exact) mass is 397 g/mol. The molecule has 5 heteroatoms. The molecule has 0 saturated carbocycles. The first-order valence-electron chi connectivity index (χ1n) is 8.68. The zero-order valence-corrected chi connectivity index (χ0v) is 16.5. The van der Waals surface area contributed by atoms with Gasteiger partial charge in [-0.05, 0) is 60.5 Å². The van der Waals surface area contributed by atoms with Gasteiger partial charge < -0.3 is 10.1 Å². The lowest BCUT2D eigenvalue weighted by Gasteiger charge is -2.12. The van der Waals surface area contributed by atoms with Crippen LogP contribution in [0.5, 0.6) is 5.75 Å². The average molecular weight is 398 g/mol. The first kappa shape index (κ1) is 19.3. The molecular formula is C22H20ClNO2S. The molecule has 0 heterocycles. The number of amides is 1. The highest BCUT2D eigenvalue weighted by atomic mass is 35.5. The molecule has 0 atom stereocenters. The van der Waals surface area contributed by atoms with Crippen LogP contribution in [0.25, 0.3) is 0 Å². The first-order valence-corrected chi connectivity index (χ1v) is 9.87. The van der Waals surface area contributed by atoms with Crippen molar-refractivity contribution in [3.05, 3.63) is 83.4 Å². The van der Waals surface area contributed by atoms with Gasteiger partial charge in [-0.2, -0.15) is 0 Å². The molecule has 0 bridgehead atoms. The number of benzene rings is 3. The third-order valence-electron chi connectivity index (χ3n) is 3.88. The van der Waals surface area contributed by atoms with E-state index in [9.17, 15) is 4.79 Å². The fourth-order valence-electron chi connectivity index (χ4n) is 2.48. The number of nitrogens with one attached hydrogen (secondary N) is 1. The summed E-state index contributed by atoms with van der Waals surface area (Å²) in [4.78, 5) is 14.3. The van der Waals surface area contributed by atoms with E-state index >= 15 is 0 Å². The van der Waals surface area contributed by atoms with E-state index in [4.69, 9.17) is 16.3 Å². The Morgan fingerprint density at radius 1 is 1.04 bits per heavy atom. The summed E-state index contributed by atoms with van der Waals surface area (Å²) < 4.78 is 5.62. The smallest absolute Gasteiger partial charge is 0.262 e. The summed E-state index contributed by atoms with van der Waals surface area (Å²) in [6.45, 7) is 2.05. The summed E-state index contributed by atoms with van der Waals surface area (Å²) in [5.41, 5.74) is 1.94. The van der Waals surface area contributed by atoms with Gasteiger partial charge in [-0.1, -0.05) is 54.6 Å². The first-order chi connectivity index (χ1) is 13.1. The molecule has 27 heavy (non-hydrogen) atoms. The molecular weight excluding hydrogens is 378 g/mol. The second kappa shape index (κ2) is 9.49. The number of para-hydroxylation sites is 1. The van der Waals surface area contributed by atoms with Crippen LogP contribution < -0.4 is 10.1 Å². The van der Waals surface area contributed by atoms with Gasteiger partial charge in [0.2, 0.25) is 0 Å². The SMILES string of the molecule is CCc1cccc(OCC(=O)Nc2ccccc2Sc2ccc(Cl)cc2)c1. The second-order valence-electron chi connectivity index (χ2n) is 5.89. The van der Waals surface area contributed by atoms with Gasteiger partial charge in [0.1, 0.15) is 5.75 Å². The van der Waals surface area contributed by atoms with E-state index in [2.05, 4.69) is 12.2 Å². The van der Waals surface area contributed by atoms with Gasteiger partial charge in [0, 0.05) is 14.8 Å². The molecule has 0 spiro atoms. The van der Waals surface area contributed by atoms with Crippen molar-refractivity contribution in [3.63, 3.8) is 0 Å². The van der Waals surface area contributed by atoms with Crippen LogP contribution in [-0.2, 0) is 11.2 Å². The molecule has 3 rings (SSSR count). The van der Waals surface area contributed by atoms with E-state index in [1.165, 1.54) is 5.56 Å². The number of hydrogen-bond acceptors (Lipinski definition) is 3. The van der Waals surface area contributed by atoms with Crippen molar-refractivity contribution < 1.29 is 9.53 Å². The van der Waals surface area contributed by atoms with E-state index in [1.54, 1.807) is 11.8 Å². The Morgan fingerprint density at radius 3 is 2.59 bits per heavy atom. The zero-order valence-electron chi connectivity index (χ0n) is 14.9. The van der Waals surface area contributed by atoms with Crippen molar-refractivity contribution in [1.29, 1.82) is 0 Å². The Balaban J connectivity index is 1.62. The molecule has 0 fully saturated rings. The van der Waals surface area contributed by atoms with E-state index in [1.807, 2.05) is 72.8 Å². The predicted molar refractivity (Wildman–Crippen MR) is 112 cm³/mol. The van der Waals surface area contributed by atoms with E-state index in [-0.39, 0.29) is 12.5 Å². The molecule has 0 unspecified atom stereocenters. The number of halogens is 1. The lowest BCUT2D eigenvalue weighted by molar-refractivity contribution is -0.118. The summed E-state index contributed by atoms with van der Waals surface area (Å²) in [6, 6.07) is 23.1. The Morgan fingerprint density at radius 2 is 1.81 bits per heavy atom. The van der Waals surface area contributed by atoms with Crippen LogP contribution in [0, 0.1) is 0 Å². The fourth-order valence-corrected chi connectivity index (χ4v) is 3.51. The van der Waals surface area contributed by atoms with Crippen LogP contribution in [-0.4, -0.2) is 12.5 Å². The number of ether oxygens (including phenoxy) is 1. The van der Waals surface area contributed by atoms with Crippen molar-refractivity contribution >= 4 is 35.0 Å². The summed E-state index contributed by atoms with van der Waals surface area (Å²) in [5, 5.41) is 3.63. The Labute approximate surface area is 168 Å². The van der Waals surface area contributed by atoms with E-state index in [0.29, 0.717) is 10.8 Å². The maximum atomic E-state index is 12.3. The fraction of sp³-hybridized carbons (Fsp3) is 0.136. The van der Waals surface area contributed by atoms with Gasteiger partial charge in [-0.15, -0.1) is 0 Å². The topological polar surface area (TPSA) is 38.3 Å². The molecule has 0 aliphatic rings. The molecule has 0 aliphatic heterocycles. The van der Waals surface area contributed by atoms with E-state index in [0.717, 1.165) is 21.9 Å². The number of rotatable bonds is 7. The molecule has 3 nitrogen and oxygen atoms in total. The van der Waals surface area contributed by atoms with Crippen molar-refractivity contribution in [1.82, 2.24) is 0 Å². The lowest BCUT2D eigenvalue weighted by Crippen LogP contribution is -2.20. The van der Waals surface area contributed by atoms with Gasteiger partial charge in [-0.25, -0.2) is 0 Å². The highest BCUT2D eigenvalue weighted by molar-refractivity contribution is 7.99. The molecule has 0 saturated heterocycles. The Bertz CT molecular complexity index is 912. The molecule has 0 radical (unpaired) electrons. The summed E-state index contributed by atoms with van der Waals surface area (Å²) in [6.07, 6.45) is 0.929. The number of aryl methyl sites for hydroxylation is 1. The second-order valence-corrected chi connectivity index (χ2v) is 7.44. The molecule has 1 amide bonds. The summed E-state index contributed by atoms with van der Waals surface area (Å²) in [5.74, 6) is 0.509. The van der Waals surface area contributed by atoms with Gasteiger partial charge in [0.25, 0.3) is 5.91 Å². The lowest BCUT2D eigenvalue weighted by atomic mass is 10.2. The molecule has 0 aromatic heterocycles. The van der Waals surface area contributed by atoms with Gasteiger partial charge in [0.05, 0.1) is 5.69 Å². The Kier molecular flexibility index (Phi) is 6.80. The van der Waals surface area contributed by atoms with Crippen LogP contribution in [0.2, 0.25) is 5.02 Å². The minimum atomic E-state index is -0.193. The summed E-state index contributed by atoms with van der Waals surface area (Å²) in [7, 11) is 0. The van der Waals surface area contributed by atoms with Crippen LogP contribution in [0.4, 0.5) is 5.69 Å². The zero-order chi connectivity index (χ0) is 19.1. The standard InChI is InChI=1S/C22H20ClNO2S/c1-2-16-6-5-7-18(14-16)26-15-22(25)24-20-8-3-4-9-21(20)27-19-12-10-17(23)11-13-19/h3-14H,2,15H2,1H3,(H,24,25). The maximum absolute atomic E-state index is 12.3. The average Bonchev–Trinajstić information content (AvgIpc) is 2.70. The number of anilines is 1. The Hall–Kier alpha value is -2.43.